The largest absolute Gasteiger partial charge is 0.465 e. The number of rotatable bonds is 8. The first-order valence-electron chi connectivity index (χ1n) is 11.0. The summed E-state index contributed by atoms with van der Waals surface area (Å²) in [6, 6.07) is 13.0. The van der Waals surface area contributed by atoms with Crippen LogP contribution in [0.15, 0.2) is 59.6 Å². The van der Waals surface area contributed by atoms with E-state index in [0.29, 0.717) is 29.6 Å². The molecule has 1 aliphatic rings. The lowest BCUT2D eigenvalue weighted by atomic mass is 10.2. The first-order chi connectivity index (χ1) is 16.8. The molecular weight excluding hydrogens is 474 g/mol. The Morgan fingerprint density at radius 1 is 1.03 bits per heavy atom. The lowest BCUT2D eigenvalue weighted by Gasteiger charge is -2.16. The molecule has 2 aromatic carbocycles. The van der Waals surface area contributed by atoms with Gasteiger partial charge in [0, 0.05) is 35.9 Å². The highest BCUT2D eigenvalue weighted by molar-refractivity contribution is 7.89. The monoisotopic (exact) mass is 499 g/mol. The molecule has 35 heavy (non-hydrogen) atoms. The molecule has 0 unspecified atom stereocenters. The Morgan fingerprint density at radius 2 is 1.77 bits per heavy atom. The maximum Gasteiger partial charge on any atom is 0.340 e. The third-order valence-electron chi connectivity index (χ3n) is 5.68. The number of nitrogens with one attached hydrogen (secondary N) is 1. The van der Waals surface area contributed by atoms with Gasteiger partial charge in [-0.1, -0.05) is 24.3 Å². The molecule has 2 heterocycles. The van der Waals surface area contributed by atoms with Crippen molar-refractivity contribution in [3.05, 3.63) is 60.3 Å². The average molecular weight is 500 g/mol. The van der Waals surface area contributed by atoms with E-state index >= 15 is 0 Å². The van der Waals surface area contributed by atoms with Crippen LogP contribution in [-0.4, -0.2) is 61.9 Å². The van der Waals surface area contributed by atoms with Crippen LogP contribution in [-0.2, 0) is 35.6 Å². The van der Waals surface area contributed by atoms with E-state index in [1.807, 2.05) is 0 Å². The van der Waals surface area contributed by atoms with Gasteiger partial charge in [-0.05, 0) is 37.1 Å². The number of amides is 1. The lowest BCUT2D eigenvalue weighted by molar-refractivity contribution is -0.147. The number of benzene rings is 2. The van der Waals surface area contributed by atoms with Crippen LogP contribution in [0, 0.1) is 0 Å². The molecule has 1 amide bonds. The number of aromatic nitrogens is 1. The van der Waals surface area contributed by atoms with Crippen molar-refractivity contribution in [2.75, 3.05) is 32.1 Å². The van der Waals surface area contributed by atoms with Crippen LogP contribution >= 0.6 is 0 Å². The van der Waals surface area contributed by atoms with Gasteiger partial charge in [-0.15, -0.1) is 0 Å². The van der Waals surface area contributed by atoms with E-state index in [-0.39, 0.29) is 17.1 Å². The fourth-order valence-corrected chi connectivity index (χ4v) is 5.55. The molecule has 184 valence electrons. The van der Waals surface area contributed by atoms with Crippen molar-refractivity contribution in [2.24, 2.45) is 0 Å². The third-order valence-corrected chi connectivity index (χ3v) is 7.57. The summed E-state index contributed by atoms with van der Waals surface area (Å²) in [4.78, 5) is 36.8. The van der Waals surface area contributed by atoms with Crippen molar-refractivity contribution in [1.82, 2.24) is 8.87 Å². The van der Waals surface area contributed by atoms with Crippen LogP contribution in [0.25, 0.3) is 10.9 Å². The zero-order valence-corrected chi connectivity index (χ0v) is 19.9. The summed E-state index contributed by atoms with van der Waals surface area (Å²) >= 11 is 0. The second-order valence-corrected chi connectivity index (χ2v) is 9.97. The Bertz CT molecular complexity index is 1370. The van der Waals surface area contributed by atoms with Gasteiger partial charge in [-0.2, -0.15) is 4.31 Å². The third kappa shape index (κ3) is 5.36. The van der Waals surface area contributed by atoms with E-state index in [1.165, 1.54) is 29.7 Å². The highest BCUT2D eigenvalue weighted by Gasteiger charge is 2.27. The van der Waals surface area contributed by atoms with Crippen LogP contribution in [0.2, 0.25) is 0 Å². The number of para-hydroxylation sites is 1. The van der Waals surface area contributed by atoms with E-state index in [9.17, 15) is 22.8 Å². The van der Waals surface area contributed by atoms with E-state index in [2.05, 4.69) is 5.32 Å². The summed E-state index contributed by atoms with van der Waals surface area (Å²) < 4.78 is 38.3. The molecular formula is C24H25N3O7S. The van der Waals surface area contributed by atoms with Crippen molar-refractivity contribution in [2.45, 2.75) is 24.3 Å². The molecule has 1 aromatic heterocycles. The van der Waals surface area contributed by atoms with Crippen LogP contribution in [0.4, 0.5) is 5.69 Å². The van der Waals surface area contributed by atoms with E-state index in [0.717, 1.165) is 12.8 Å². The van der Waals surface area contributed by atoms with Crippen molar-refractivity contribution in [1.29, 1.82) is 0 Å². The van der Waals surface area contributed by atoms with E-state index in [1.54, 1.807) is 41.0 Å². The number of esters is 2. The topological polar surface area (TPSA) is 124 Å². The Balaban J connectivity index is 1.37. The summed E-state index contributed by atoms with van der Waals surface area (Å²) in [5.41, 5.74) is 1.24. The van der Waals surface area contributed by atoms with Gasteiger partial charge in [0.05, 0.1) is 17.6 Å². The van der Waals surface area contributed by atoms with Gasteiger partial charge in [-0.25, -0.2) is 13.2 Å². The predicted octanol–water partition coefficient (Wildman–Crippen LogP) is 2.39. The van der Waals surface area contributed by atoms with Crippen LogP contribution in [0.5, 0.6) is 0 Å². The molecule has 1 N–H and O–H groups in total. The fraction of sp³-hybridized carbons (Fsp3) is 0.292. The summed E-state index contributed by atoms with van der Waals surface area (Å²) in [5, 5.41) is 3.19. The smallest absolute Gasteiger partial charge is 0.340 e. The SMILES string of the molecule is COC(=O)c1cn(CC(=O)OCC(=O)Nc2cccc(S(=O)(=O)N3CCCC3)c2)c2ccccc12. The summed E-state index contributed by atoms with van der Waals surface area (Å²) in [5.74, 6) is -1.81. The van der Waals surface area contributed by atoms with Gasteiger partial charge >= 0.3 is 11.9 Å². The molecule has 0 radical (unpaired) electrons. The first-order valence-corrected chi connectivity index (χ1v) is 12.5. The van der Waals surface area contributed by atoms with Gasteiger partial charge in [0.1, 0.15) is 6.54 Å². The number of carbonyl (C=O) groups excluding carboxylic acids is 3. The lowest BCUT2D eigenvalue weighted by Crippen LogP contribution is -2.28. The van der Waals surface area contributed by atoms with Gasteiger partial charge in [0.2, 0.25) is 10.0 Å². The number of nitrogens with zero attached hydrogens (tertiary/aromatic N) is 2. The quantitative estimate of drug-likeness (QED) is 0.472. The number of hydrogen-bond acceptors (Lipinski definition) is 7. The highest BCUT2D eigenvalue weighted by atomic mass is 32.2. The van der Waals surface area contributed by atoms with Gasteiger partial charge in [-0.3, -0.25) is 9.59 Å². The van der Waals surface area contributed by atoms with Crippen molar-refractivity contribution in [3.63, 3.8) is 0 Å². The zero-order chi connectivity index (χ0) is 25.0. The molecule has 10 nitrogen and oxygen atoms in total. The van der Waals surface area contributed by atoms with Crippen molar-refractivity contribution in [3.8, 4) is 0 Å². The molecule has 1 saturated heterocycles. The van der Waals surface area contributed by atoms with Gasteiger partial charge in [0.15, 0.2) is 6.61 Å². The molecule has 1 fully saturated rings. The second-order valence-electron chi connectivity index (χ2n) is 8.03. The minimum atomic E-state index is -3.62. The summed E-state index contributed by atoms with van der Waals surface area (Å²) in [6.07, 6.45) is 3.15. The Morgan fingerprint density at radius 3 is 2.51 bits per heavy atom. The minimum absolute atomic E-state index is 0.0927. The molecule has 4 rings (SSSR count). The molecule has 0 spiro atoms. The first kappa shape index (κ1) is 24.4. The number of methoxy groups -OCH3 is 1. The second kappa shape index (κ2) is 10.3. The van der Waals surface area contributed by atoms with Crippen molar-refractivity contribution >= 4 is 44.5 Å². The normalized spacial score (nSPS) is 14.1. The number of sulfonamides is 1. The Labute approximate surface area is 202 Å². The molecule has 0 atom stereocenters. The Kier molecular flexibility index (Phi) is 7.17. The molecule has 1 aliphatic heterocycles. The maximum atomic E-state index is 12.7. The van der Waals surface area contributed by atoms with Crippen LogP contribution in [0.1, 0.15) is 23.2 Å². The van der Waals surface area contributed by atoms with Gasteiger partial charge in [0.25, 0.3) is 5.91 Å². The standard InChI is InChI=1S/C24H25N3O7S/c1-33-24(30)20-14-26(21-10-3-2-9-19(20)21)15-23(29)34-16-22(28)25-17-7-6-8-18(13-17)35(31,32)27-11-4-5-12-27/h2-3,6-10,13-14H,4-5,11-12,15-16H2,1H3,(H,25,28). The minimum Gasteiger partial charge on any atom is -0.465 e. The number of ether oxygens (including phenoxy) is 2. The predicted molar refractivity (Wildman–Crippen MR) is 127 cm³/mol. The fourth-order valence-electron chi connectivity index (χ4n) is 3.99. The average Bonchev–Trinajstić information content (AvgIpc) is 3.52. The molecule has 3 aromatic rings. The molecule has 11 heteroatoms. The summed E-state index contributed by atoms with van der Waals surface area (Å²) in [7, 11) is -2.34. The number of hydrogen-bond donors (Lipinski definition) is 1. The Hall–Kier alpha value is -3.70. The highest BCUT2D eigenvalue weighted by Crippen LogP contribution is 2.24. The number of anilines is 1. The molecule has 0 bridgehead atoms. The van der Waals surface area contributed by atoms with E-state index in [4.69, 9.17) is 9.47 Å². The van der Waals surface area contributed by atoms with Crippen molar-refractivity contribution < 1.29 is 32.3 Å². The number of fused-ring (bicyclic) bond motifs is 1. The number of carbonyl (C=O) groups is 3. The zero-order valence-electron chi connectivity index (χ0n) is 19.1. The maximum absolute atomic E-state index is 12.7. The van der Waals surface area contributed by atoms with Crippen LogP contribution in [0.3, 0.4) is 0 Å². The molecule has 0 saturated carbocycles. The molecule has 0 aliphatic carbocycles. The summed E-state index contributed by atoms with van der Waals surface area (Å²) in [6.45, 7) is 0.193. The van der Waals surface area contributed by atoms with E-state index < -0.39 is 34.5 Å². The van der Waals surface area contributed by atoms with Crippen LogP contribution < -0.4 is 5.32 Å². The van der Waals surface area contributed by atoms with Gasteiger partial charge < -0.3 is 19.4 Å².